The van der Waals surface area contributed by atoms with Gasteiger partial charge in [-0.25, -0.2) is 0 Å². The molecule has 1 aromatic heterocycles. The van der Waals surface area contributed by atoms with Crippen molar-refractivity contribution in [3.63, 3.8) is 0 Å². The first-order valence-corrected chi connectivity index (χ1v) is 5.60. The Morgan fingerprint density at radius 3 is 3.14 bits per heavy atom. The summed E-state index contributed by atoms with van der Waals surface area (Å²) in [5, 5.41) is 4.21. The van der Waals surface area contributed by atoms with Gasteiger partial charge >= 0.3 is 0 Å². The van der Waals surface area contributed by atoms with Crippen LogP contribution in [0.15, 0.2) is 12.4 Å². The number of halogens is 1. The minimum absolute atomic E-state index is 0.621. The average Bonchev–Trinajstić information content (AvgIpc) is 2.65. The smallest absolute Gasteiger partial charge is 0.0738 e. The number of hydrogen-bond donors (Lipinski definition) is 0. The molecule has 0 aromatic carbocycles. The van der Waals surface area contributed by atoms with Crippen molar-refractivity contribution in [1.29, 1.82) is 0 Å². The lowest BCUT2D eigenvalue weighted by atomic mass is 9.93. The molecule has 1 saturated heterocycles. The predicted octanol–water partition coefficient (Wildman–Crippen LogP) is 1.80. The molecule has 78 valence electrons. The topological polar surface area (TPSA) is 21.1 Å². The van der Waals surface area contributed by atoms with Crippen LogP contribution in [0.3, 0.4) is 0 Å². The largest absolute Gasteiger partial charge is 0.289 e. The van der Waals surface area contributed by atoms with E-state index in [1.54, 1.807) is 0 Å². The van der Waals surface area contributed by atoms with E-state index in [0.29, 0.717) is 11.9 Å². The van der Waals surface area contributed by atoms with Gasteiger partial charge in [-0.15, -0.1) is 11.6 Å². The second-order valence-electron chi connectivity index (χ2n) is 3.98. The van der Waals surface area contributed by atoms with E-state index in [2.05, 4.69) is 16.2 Å². The number of aryl methyl sites for hydroxylation is 1. The molecule has 0 saturated carbocycles. The van der Waals surface area contributed by atoms with Crippen molar-refractivity contribution < 1.29 is 0 Å². The molecule has 2 rings (SSSR count). The number of hydrogen-bond acceptors (Lipinski definition) is 2. The highest BCUT2D eigenvalue weighted by atomic mass is 35.5. The fraction of sp³-hybridized carbons (Fsp3) is 0.700. The van der Waals surface area contributed by atoms with Crippen LogP contribution in [0, 0.1) is 0 Å². The van der Waals surface area contributed by atoms with Crippen molar-refractivity contribution >= 4 is 11.6 Å². The van der Waals surface area contributed by atoms with E-state index < -0.39 is 0 Å². The summed E-state index contributed by atoms with van der Waals surface area (Å²) in [6.45, 7) is 2.22. The van der Waals surface area contributed by atoms with Gasteiger partial charge in [0.1, 0.15) is 0 Å². The summed E-state index contributed by atoms with van der Waals surface area (Å²) in [7, 11) is 1.96. The van der Waals surface area contributed by atoms with Gasteiger partial charge in [0.2, 0.25) is 0 Å². The average molecular weight is 214 g/mol. The normalized spacial score (nSPS) is 24.0. The molecule has 0 radical (unpaired) electrons. The van der Waals surface area contributed by atoms with Crippen LogP contribution in [0.25, 0.3) is 0 Å². The van der Waals surface area contributed by atoms with Gasteiger partial charge in [0.05, 0.1) is 12.2 Å². The molecule has 2 heterocycles. The van der Waals surface area contributed by atoms with E-state index in [0.717, 1.165) is 13.1 Å². The standard InChI is InChI=1S/C10H16ClN3/c1-13-6-10(5-12-13)9-3-2-4-14(7-9)8-11/h5-6,9H,2-4,7-8H2,1H3. The Morgan fingerprint density at radius 2 is 2.50 bits per heavy atom. The molecule has 1 unspecified atom stereocenters. The van der Waals surface area contributed by atoms with E-state index in [1.807, 2.05) is 17.9 Å². The Balaban J connectivity index is 2.04. The van der Waals surface area contributed by atoms with Crippen LogP contribution in [0.5, 0.6) is 0 Å². The lowest BCUT2D eigenvalue weighted by Crippen LogP contribution is -2.33. The SMILES string of the molecule is Cn1cc(C2CCCN(CCl)C2)cn1. The highest BCUT2D eigenvalue weighted by molar-refractivity contribution is 6.17. The van der Waals surface area contributed by atoms with Crippen LogP contribution in [0.2, 0.25) is 0 Å². The molecule has 14 heavy (non-hydrogen) atoms. The Bertz CT molecular complexity index is 297. The highest BCUT2D eigenvalue weighted by Crippen LogP contribution is 2.26. The van der Waals surface area contributed by atoms with E-state index in [9.17, 15) is 0 Å². The number of nitrogens with zero attached hydrogens (tertiary/aromatic N) is 3. The number of likely N-dealkylation sites (tertiary alicyclic amines) is 1. The molecule has 1 aromatic rings. The lowest BCUT2D eigenvalue weighted by Gasteiger charge is -2.30. The molecule has 0 aliphatic carbocycles. The van der Waals surface area contributed by atoms with Gasteiger partial charge in [0.25, 0.3) is 0 Å². The fourth-order valence-electron chi connectivity index (χ4n) is 2.09. The summed E-state index contributed by atoms with van der Waals surface area (Å²) in [5.74, 6) is 0.621. The molecule has 0 amide bonds. The van der Waals surface area contributed by atoms with Crippen LogP contribution in [-0.2, 0) is 7.05 Å². The summed E-state index contributed by atoms with van der Waals surface area (Å²) in [5.41, 5.74) is 1.35. The molecule has 3 nitrogen and oxygen atoms in total. The highest BCUT2D eigenvalue weighted by Gasteiger charge is 2.21. The molecule has 1 fully saturated rings. The van der Waals surface area contributed by atoms with E-state index in [-0.39, 0.29) is 0 Å². The summed E-state index contributed by atoms with van der Waals surface area (Å²) in [6.07, 6.45) is 6.59. The number of alkyl halides is 1. The molecule has 0 spiro atoms. The zero-order valence-corrected chi connectivity index (χ0v) is 9.24. The second-order valence-corrected chi connectivity index (χ2v) is 4.22. The van der Waals surface area contributed by atoms with Crippen molar-refractivity contribution in [2.24, 2.45) is 7.05 Å². The molecule has 1 aliphatic heterocycles. The third kappa shape index (κ3) is 2.10. The molecule has 0 N–H and O–H groups in total. The second kappa shape index (κ2) is 4.32. The maximum atomic E-state index is 5.84. The van der Waals surface area contributed by atoms with Crippen molar-refractivity contribution in [3.05, 3.63) is 18.0 Å². The van der Waals surface area contributed by atoms with Gasteiger partial charge in [-0.05, 0) is 30.9 Å². The van der Waals surface area contributed by atoms with Crippen LogP contribution in [-0.4, -0.2) is 33.8 Å². The number of aromatic nitrogens is 2. The maximum Gasteiger partial charge on any atom is 0.0738 e. The minimum Gasteiger partial charge on any atom is -0.289 e. The molecule has 1 aliphatic rings. The van der Waals surface area contributed by atoms with E-state index in [1.165, 1.54) is 18.4 Å². The van der Waals surface area contributed by atoms with Gasteiger partial charge in [0.15, 0.2) is 0 Å². The quantitative estimate of drug-likeness (QED) is 0.552. The third-order valence-electron chi connectivity index (χ3n) is 2.87. The first-order chi connectivity index (χ1) is 6.79. The van der Waals surface area contributed by atoms with Gasteiger partial charge < -0.3 is 0 Å². The first kappa shape index (κ1) is 9.99. The van der Waals surface area contributed by atoms with Crippen molar-refractivity contribution in [3.8, 4) is 0 Å². The first-order valence-electron chi connectivity index (χ1n) is 5.06. The van der Waals surface area contributed by atoms with Crippen molar-refractivity contribution in [2.45, 2.75) is 18.8 Å². The monoisotopic (exact) mass is 213 g/mol. The van der Waals surface area contributed by atoms with Crippen LogP contribution < -0.4 is 0 Å². The van der Waals surface area contributed by atoms with Crippen LogP contribution in [0.1, 0.15) is 24.3 Å². The Labute approximate surface area is 89.7 Å². The van der Waals surface area contributed by atoms with Gasteiger partial charge in [-0.3, -0.25) is 9.58 Å². The molecular formula is C10H16ClN3. The lowest BCUT2D eigenvalue weighted by molar-refractivity contribution is 0.239. The Kier molecular flexibility index (Phi) is 3.08. The number of rotatable bonds is 2. The van der Waals surface area contributed by atoms with Crippen molar-refractivity contribution in [2.75, 3.05) is 19.1 Å². The van der Waals surface area contributed by atoms with Gasteiger partial charge in [-0.1, -0.05) is 0 Å². The zero-order chi connectivity index (χ0) is 9.97. The molecule has 0 bridgehead atoms. The van der Waals surface area contributed by atoms with E-state index >= 15 is 0 Å². The van der Waals surface area contributed by atoms with Crippen LogP contribution >= 0.6 is 11.6 Å². The van der Waals surface area contributed by atoms with E-state index in [4.69, 9.17) is 11.6 Å². The Morgan fingerprint density at radius 1 is 1.64 bits per heavy atom. The molecule has 4 heteroatoms. The minimum atomic E-state index is 0.621. The molecule has 1 atom stereocenters. The summed E-state index contributed by atoms with van der Waals surface area (Å²) in [6, 6.07) is 0.650. The maximum absolute atomic E-state index is 5.84. The fourth-order valence-corrected chi connectivity index (χ4v) is 2.30. The van der Waals surface area contributed by atoms with Gasteiger partial charge in [0, 0.05) is 19.8 Å². The number of piperidine rings is 1. The summed E-state index contributed by atoms with van der Waals surface area (Å²) in [4.78, 5) is 2.29. The predicted molar refractivity (Wildman–Crippen MR) is 57.5 cm³/mol. The molecular weight excluding hydrogens is 198 g/mol. The zero-order valence-electron chi connectivity index (χ0n) is 8.49. The Hall–Kier alpha value is -0.540. The third-order valence-corrected chi connectivity index (χ3v) is 3.21. The van der Waals surface area contributed by atoms with Crippen molar-refractivity contribution in [1.82, 2.24) is 14.7 Å². The van der Waals surface area contributed by atoms with Gasteiger partial charge in [-0.2, -0.15) is 5.10 Å². The van der Waals surface area contributed by atoms with Crippen LogP contribution in [0.4, 0.5) is 0 Å². The summed E-state index contributed by atoms with van der Waals surface area (Å²) >= 11 is 5.84. The summed E-state index contributed by atoms with van der Waals surface area (Å²) < 4.78 is 1.87.